The summed E-state index contributed by atoms with van der Waals surface area (Å²) in [5, 5.41) is 91.5. The van der Waals surface area contributed by atoms with Gasteiger partial charge in [-0.1, -0.05) is 139 Å². The number of nitrogens with zero attached hydrogens (tertiary/aromatic N) is 2. The Morgan fingerprint density at radius 1 is 0.686 bits per heavy atom. The minimum atomic E-state index is -2.10. The van der Waals surface area contributed by atoms with Crippen molar-refractivity contribution >= 4 is 70.9 Å². The fourth-order valence-corrected chi connectivity index (χ4v) is 13.1. The molecule has 3 heterocycles. The quantitative estimate of drug-likeness (QED) is 0.0508. The molecule has 15 atom stereocenters. The molecule has 3 aromatic carbocycles. The number of hydrogen-bond donors (Lipinski definition) is 13. The average Bonchev–Trinajstić information content (AvgIpc) is 3.54. The molecule has 23 nitrogen and oxygen atoms in total. The Balaban J connectivity index is 1.35. The second kappa shape index (κ2) is 33.7. The van der Waals surface area contributed by atoms with Crippen LogP contribution in [-0.2, 0) is 33.6 Å². The van der Waals surface area contributed by atoms with E-state index in [0.29, 0.717) is 34.1 Å². The zero-order chi connectivity index (χ0) is 62.6. The van der Waals surface area contributed by atoms with Gasteiger partial charge in [0, 0.05) is 48.1 Å². The summed E-state index contributed by atoms with van der Waals surface area (Å²) in [6, 6.07) is 10.3. The summed E-state index contributed by atoms with van der Waals surface area (Å²) in [5.74, 6) is -7.53. The molecule has 3 saturated heterocycles. The van der Waals surface area contributed by atoms with Gasteiger partial charge >= 0.3 is 6.03 Å². The fourth-order valence-electron chi connectivity index (χ4n) is 10.8. The highest BCUT2D eigenvalue weighted by Crippen LogP contribution is 2.40. The molecule has 9 amide bonds. The van der Waals surface area contributed by atoms with Crippen LogP contribution in [0.25, 0.3) is 0 Å². The Bertz CT molecular complexity index is 2720. The standard InChI is InChI=1S/C61H86N8O15S2/c1-5-35(2)20-14-10-8-6-7-9-11-19-25-47(75)62-43-31-46(74)58(86-42-23-17-13-18-24-42)66-57(81)50-51(76)36(3)32-69(50)59(82)44(34-70)63-56(80)49(52(77)53(38-26-28-39(72)29-27-38)85-41-21-15-12-16-22-41)65-61(84)67-55(79)45-30-40(73)33-68(45)60(83)48(37(4)71)64-54(43)78/h12-13,15-18,21-24,26-29,35-37,40,43-46,48-53,58,70-74,76-77H,5-11,14,19-20,25,30-34H2,1-4H3,(H,62,75)(H,63,80)(H,64,78)(H,66,81)(H2,65,67,79,84)/t35?,36-,37+,40+,43-,44?,45-,46+,48-,49?,50?,51-,52-,53?,58+/m0/s1. The third-order valence-electron chi connectivity index (χ3n) is 16.0. The summed E-state index contributed by atoms with van der Waals surface area (Å²) in [7, 11) is 0. The van der Waals surface area contributed by atoms with Crippen molar-refractivity contribution in [2.24, 2.45) is 11.8 Å². The number of benzene rings is 3. The molecule has 0 spiro atoms. The van der Waals surface area contributed by atoms with E-state index in [-0.39, 0.29) is 18.7 Å². The second-order valence-corrected chi connectivity index (χ2v) is 25.2. The van der Waals surface area contributed by atoms with Crippen molar-refractivity contribution in [2.75, 3.05) is 19.7 Å². The Kier molecular flexibility index (Phi) is 27.0. The van der Waals surface area contributed by atoms with Crippen molar-refractivity contribution in [1.29, 1.82) is 0 Å². The van der Waals surface area contributed by atoms with Gasteiger partial charge < -0.3 is 72.1 Å². The van der Waals surface area contributed by atoms with E-state index in [4.69, 9.17) is 0 Å². The zero-order valence-electron chi connectivity index (χ0n) is 49.2. The van der Waals surface area contributed by atoms with Crippen LogP contribution in [0.15, 0.2) is 94.7 Å². The number of unbranched alkanes of at least 4 members (excludes halogenated alkanes) is 7. The number of nitrogens with one attached hydrogen (secondary N) is 6. The number of hydrogen-bond acceptors (Lipinski definition) is 17. The van der Waals surface area contributed by atoms with Crippen molar-refractivity contribution in [3.05, 3.63) is 90.5 Å². The number of imide groups is 1. The van der Waals surface area contributed by atoms with E-state index in [2.05, 4.69) is 45.7 Å². The fraction of sp³-hybridized carbons (Fsp3) is 0.574. The smallest absolute Gasteiger partial charge is 0.322 e. The van der Waals surface area contributed by atoms with Crippen LogP contribution >= 0.6 is 23.5 Å². The zero-order valence-corrected chi connectivity index (χ0v) is 50.8. The topological polar surface area (TPSA) is 357 Å². The van der Waals surface area contributed by atoms with Crippen molar-refractivity contribution in [1.82, 2.24) is 41.7 Å². The van der Waals surface area contributed by atoms with Gasteiger partial charge in [-0.2, -0.15) is 0 Å². The van der Waals surface area contributed by atoms with Crippen LogP contribution < -0.4 is 31.9 Å². The molecule has 86 heavy (non-hydrogen) atoms. The Labute approximate surface area is 510 Å². The van der Waals surface area contributed by atoms with Crippen LogP contribution in [0, 0.1) is 11.8 Å². The SMILES string of the molecule is CCC(C)CCCCCCCCCCC(=O)N[C@H]1C[C@@H](O)[C@@H](Sc2ccccc2)NC(=O)C2[C@@H](O)[C@@H](C)CN2C(=O)C(CO)NC(=O)C([C@H](O)C(Sc2ccccc2)c2ccc(O)cc2)NC(=O)NC(=O)[C@@H]2C[C@@H](O)CN2C(=O)[C@H]([C@@H](C)O)NC1=O. The van der Waals surface area contributed by atoms with Crippen LogP contribution in [0.3, 0.4) is 0 Å². The second-order valence-electron chi connectivity index (χ2n) is 22.8. The van der Waals surface area contributed by atoms with Crippen LogP contribution in [-0.4, -0.2) is 185 Å². The van der Waals surface area contributed by atoms with Gasteiger partial charge in [-0.25, -0.2) is 4.79 Å². The molecule has 5 unspecified atom stereocenters. The lowest BCUT2D eigenvalue weighted by Crippen LogP contribution is -2.63. The maximum Gasteiger partial charge on any atom is 0.322 e. The molecule has 472 valence electrons. The Morgan fingerprint density at radius 3 is 1.92 bits per heavy atom. The van der Waals surface area contributed by atoms with E-state index in [1.807, 2.05) is 0 Å². The summed E-state index contributed by atoms with van der Waals surface area (Å²) in [6.45, 7) is 5.24. The maximum atomic E-state index is 14.7. The summed E-state index contributed by atoms with van der Waals surface area (Å²) in [5.41, 5.74) is 0.332. The number of urea groups is 1. The van der Waals surface area contributed by atoms with Crippen molar-refractivity contribution < 1.29 is 74.1 Å². The molecule has 3 fully saturated rings. The first kappa shape index (κ1) is 68.8. The molecule has 6 rings (SSSR count). The molecule has 3 aliphatic rings. The van der Waals surface area contributed by atoms with Crippen LogP contribution in [0.1, 0.15) is 122 Å². The van der Waals surface area contributed by atoms with Crippen molar-refractivity contribution in [3.63, 3.8) is 0 Å². The van der Waals surface area contributed by atoms with Crippen molar-refractivity contribution in [3.8, 4) is 5.75 Å². The van der Waals surface area contributed by atoms with Gasteiger partial charge in [0.25, 0.3) is 5.91 Å². The molecule has 0 aromatic heterocycles. The maximum absolute atomic E-state index is 14.7. The van der Waals surface area contributed by atoms with Gasteiger partial charge in [0.1, 0.15) is 47.4 Å². The molecule has 13 N–H and O–H groups in total. The monoisotopic (exact) mass is 1230 g/mol. The molecular weight excluding hydrogens is 1150 g/mol. The largest absolute Gasteiger partial charge is 0.508 e. The molecule has 3 aromatic rings. The molecular formula is C61H86N8O15S2. The molecule has 0 bridgehead atoms. The highest BCUT2D eigenvalue weighted by Gasteiger charge is 2.49. The van der Waals surface area contributed by atoms with Crippen LogP contribution in [0.5, 0.6) is 5.75 Å². The van der Waals surface area contributed by atoms with E-state index in [0.717, 1.165) is 71.8 Å². The first-order valence-electron chi connectivity index (χ1n) is 29.8. The Morgan fingerprint density at radius 2 is 1.30 bits per heavy atom. The number of thioether (sulfide) groups is 2. The van der Waals surface area contributed by atoms with E-state index in [9.17, 15) is 74.1 Å². The number of carbonyl (C=O) groups is 8. The van der Waals surface area contributed by atoms with Crippen molar-refractivity contribution in [2.45, 2.75) is 198 Å². The number of carbonyl (C=O) groups excluding carboxylic acids is 8. The third kappa shape index (κ3) is 19.6. The number of fused-ring (bicyclic) bond motifs is 2. The lowest BCUT2D eigenvalue weighted by Gasteiger charge is -2.33. The van der Waals surface area contributed by atoms with E-state index < -0.39 is 157 Å². The van der Waals surface area contributed by atoms with Crippen LogP contribution in [0.4, 0.5) is 4.79 Å². The number of amides is 9. The molecule has 25 heteroatoms. The van der Waals surface area contributed by atoms with E-state index in [1.54, 1.807) is 67.6 Å². The van der Waals surface area contributed by atoms with Gasteiger partial charge in [-0.15, -0.1) is 11.8 Å². The molecule has 0 radical (unpaired) electrons. The number of phenolic OH excluding ortho intramolecular Hbond substituents is 1. The van der Waals surface area contributed by atoms with E-state index in [1.165, 1.54) is 44.0 Å². The number of aromatic hydroxyl groups is 1. The number of aliphatic hydroxyl groups is 6. The molecule has 0 aliphatic carbocycles. The predicted octanol–water partition coefficient (Wildman–Crippen LogP) is 2.72. The van der Waals surface area contributed by atoms with Gasteiger partial charge in [-0.3, -0.25) is 38.9 Å². The first-order chi connectivity index (χ1) is 41.1. The number of rotatable bonds is 22. The lowest BCUT2D eigenvalue weighted by molar-refractivity contribution is -0.144. The normalized spacial score (nSPS) is 27.1. The average molecular weight is 1240 g/mol. The summed E-state index contributed by atoms with van der Waals surface area (Å²) in [4.78, 5) is 118. The minimum Gasteiger partial charge on any atom is -0.508 e. The first-order valence-corrected chi connectivity index (χ1v) is 31.5. The summed E-state index contributed by atoms with van der Waals surface area (Å²) >= 11 is 1.98. The summed E-state index contributed by atoms with van der Waals surface area (Å²) in [6.07, 6.45) is 0.497. The number of aliphatic hydroxyl groups excluding tert-OH is 6. The molecule has 0 saturated carbocycles. The molecule has 3 aliphatic heterocycles. The van der Waals surface area contributed by atoms with Gasteiger partial charge in [0.2, 0.25) is 35.4 Å². The highest BCUT2D eigenvalue weighted by molar-refractivity contribution is 8.00. The Hall–Kier alpha value is -6.32. The van der Waals surface area contributed by atoms with Gasteiger partial charge in [0.05, 0.1) is 42.4 Å². The van der Waals surface area contributed by atoms with Gasteiger partial charge in [-0.05, 0) is 61.2 Å². The number of phenols is 1. The van der Waals surface area contributed by atoms with Gasteiger partial charge in [0.15, 0.2) is 0 Å². The highest BCUT2D eigenvalue weighted by atomic mass is 32.2. The summed E-state index contributed by atoms with van der Waals surface area (Å²) < 4.78 is 0. The minimum absolute atomic E-state index is 0.0230. The lowest BCUT2D eigenvalue weighted by atomic mass is 9.99. The van der Waals surface area contributed by atoms with Crippen LogP contribution in [0.2, 0.25) is 0 Å². The predicted molar refractivity (Wildman–Crippen MR) is 321 cm³/mol. The van der Waals surface area contributed by atoms with E-state index >= 15 is 0 Å². The third-order valence-corrected chi connectivity index (χ3v) is 18.6.